The largest absolute Gasteiger partial charge is 0.414 e. The van der Waals surface area contributed by atoms with E-state index in [0.29, 0.717) is 18.4 Å². The number of aliphatic hydroxyl groups excluding tert-OH is 1. The van der Waals surface area contributed by atoms with Crippen LogP contribution in [-0.4, -0.2) is 40.6 Å². The Balaban J connectivity index is 2.17. The van der Waals surface area contributed by atoms with Crippen molar-refractivity contribution in [3.63, 3.8) is 0 Å². The molecule has 1 N–H and O–H groups in total. The molecule has 0 amide bonds. The lowest BCUT2D eigenvalue weighted by atomic mass is 10.0. The van der Waals surface area contributed by atoms with Gasteiger partial charge in [0, 0.05) is 0 Å². The second-order valence-electron chi connectivity index (χ2n) is 11.9. The Morgan fingerprint density at radius 1 is 0.931 bits per heavy atom. The van der Waals surface area contributed by atoms with Crippen LogP contribution in [0.5, 0.6) is 0 Å². The second kappa shape index (κ2) is 8.58. The molecule has 2 rings (SSSR count). The summed E-state index contributed by atoms with van der Waals surface area (Å²) in [6.45, 7) is 22.9. The molecular formula is C24H44O3Si2. The molecule has 4 atom stereocenters. The fourth-order valence-corrected chi connectivity index (χ4v) is 5.62. The van der Waals surface area contributed by atoms with Crippen LogP contribution in [0, 0.1) is 5.92 Å². The van der Waals surface area contributed by atoms with Crippen LogP contribution in [0.3, 0.4) is 0 Å². The topological polar surface area (TPSA) is 38.7 Å². The minimum Gasteiger partial charge on any atom is -0.414 e. The van der Waals surface area contributed by atoms with Crippen LogP contribution in [0.1, 0.15) is 59.4 Å². The highest BCUT2D eigenvalue weighted by Gasteiger charge is 2.51. The van der Waals surface area contributed by atoms with E-state index in [0.717, 1.165) is 6.42 Å². The fraction of sp³-hybridized carbons (Fsp3) is 0.750. The molecule has 5 heteroatoms. The van der Waals surface area contributed by atoms with Crippen LogP contribution in [0.25, 0.3) is 0 Å². The van der Waals surface area contributed by atoms with E-state index < -0.39 is 22.7 Å². The van der Waals surface area contributed by atoms with Gasteiger partial charge in [-0.25, -0.2) is 0 Å². The average molecular weight is 437 g/mol. The van der Waals surface area contributed by atoms with Crippen molar-refractivity contribution in [2.24, 2.45) is 5.92 Å². The molecule has 0 bridgehead atoms. The molecule has 0 spiro atoms. The molecule has 1 saturated carbocycles. The van der Waals surface area contributed by atoms with Crippen molar-refractivity contribution >= 4 is 16.6 Å². The number of rotatable bonds is 8. The Labute approximate surface area is 181 Å². The Morgan fingerprint density at radius 2 is 1.45 bits per heavy atom. The van der Waals surface area contributed by atoms with Crippen molar-refractivity contribution in [3.05, 3.63) is 35.9 Å². The molecular weight excluding hydrogens is 392 g/mol. The van der Waals surface area contributed by atoms with E-state index in [4.69, 9.17) is 8.85 Å². The predicted octanol–water partition coefficient (Wildman–Crippen LogP) is 6.56. The van der Waals surface area contributed by atoms with Gasteiger partial charge >= 0.3 is 0 Å². The first-order chi connectivity index (χ1) is 13.1. The minimum absolute atomic E-state index is 0.113. The normalized spacial score (nSPS) is 23.0. The molecule has 0 aliphatic heterocycles. The van der Waals surface area contributed by atoms with Crippen LogP contribution in [-0.2, 0) is 8.85 Å². The van der Waals surface area contributed by atoms with Gasteiger partial charge in [-0.05, 0) is 60.1 Å². The SMILES string of the molecule is CC(C)(C)[Si](C)(C)OC[C@@H](O)[C@H](O[Si](C)(C)C(C)(C)C)[C@@H]1C[C@H]1c1ccccc1. The van der Waals surface area contributed by atoms with Crippen molar-refractivity contribution < 1.29 is 14.0 Å². The van der Waals surface area contributed by atoms with Crippen molar-refractivity contribution in [1.82, 2.24) is 0 Å². The highest BCUT2D eigenvalue weighted by Crippen LogP contribution is 2.53. The summed E-state index contributed by atoms with van der Waals surface area (Å²) >= 11 is 0. The Hall–Kier alpha value is -0.466. The van der Waals surface area contributed by atoms with Gasteiger partial charge < -0.3 is 14.0 Å². The summed E-state index contributed by atoms with van der Waals surface area (Å²) in [5.74, 6) is 0.845. The van der Waals surface area contributed by atoms with Gasteiger partial charge in [0.1, 0.15) is 6.10 Å². The van der Waals surface area contributed by atoms with Crippen molar-refractivity contribution in [1.29, 1.82) is 0 Å². The molecule has 1 aromatic carbocycles. The lowest BCUT2D eigenvalue weighted by molar-refractivity contribution is -0.0154. The molecule has 0 heterocycles. The molecule has 1 aromatic rings. The van der Waals surface area contributed by atoms with Gasteiger partial charge in [-0.15, -0.1) is 0 Å². The zero-order valence-corrected chi connectivity index (χ0v) is 22.4. The third kappa shape index (κ3) is 6.04. The highest BCUT2D eigenvalue weighted by atomic mass is 28.4. The standard InChI is InChI=1S/C24H44O3Si2/c1-23(2,3)28(7,8)26-17-21(25)22(27-29(9,10)24(4,5)6)20-16-19(20)18-14-12-11-13-15-18/h11-15,19-22,25H,16-17H2,1-10H3/t19-,20+,21+,22+/m0/s1. The van der Waals surface area contributed by atoms with Crippen LogP contribution in [0.2, 0.25) is 36.3 Å². The fourth-order valence-electron chi connectivity index (χ4n) is 3.23. The molecule has 0 aromatic heterocycles. The maximum absolute atomic E-state index is 11.2. The maximum atomic E-state index is 11.2. The van der Waals surface area contributed by atoms with Gasteiger partial charge in [-0.1, -0.05) is 71.9 Å². The smallest absolute Gasteiger partial charge is 0.192 e. The molecule has 0 saturated heterocycles. The summed E-state index contributed by atoms with van der Waals surface area (Å²) in [6.07, 6.45) is 0.336. The Morgan fingerprint density at radius 3 is 1.93 bits per heavy atom. The Bertz CT molecular complexity index is 659. The van der Waals surface area contributed by atoms with Gasteiger partial charge in [-0.3, -0.25) is 0 Å². The summed E-state index contributed by atoms with van der Waals surface area (Å²) in [4.78, 5) is 0. The second-order valence-corrected chi connectivity index (χ2v) is 21.5. The highest BCUT2D eigenvalue weighted by molar-refractivity contribution is 6.74. The lowest BCUT2D eigenvalue weighted by Crippen LogP contribution is -2.50. The zero-order chi connectivity index (χ0) is 22.3. The first kappa shape index (κ1) is 24.8. The first-order valence-electron chi connectivity index (χ1n) is 11.1. The summed E-state index contributed by atoms with van der Waals surface area (Å²) in [5.41, 5.74) is 1.36. The monoisotopic (exact) mass is 436 g/mol. The van der Waals surface area contributed by atoms with E-state index in [1.807, 2.05) is 0 Å². The van der Waals surface area contributed by atoms with E-state index in [2.05, 4.69) is 98.1 Å². The van der Waals surface area contributed by atoms with Crippen molar-refractivity contribution in [2.75, 3.05) is 6.61 Å². The lowest BCUT2D eigenvalue weighted by Gasteiger charge is -2.42. The summed E-state index contributed by atoms with van der Waals surface area (Å²) in [5, 5.41) is 11.5. The predicted molar refractivity (Wildman–Crippen MR) is 129 cm³/mol. The Kier molecular flexibility index (Phi) is 7.34. The minimum atomic E-state index is -2.00. The van der Waals surface area contributed by atoms with Crippen LogP contribution in [0.4, 0.5) is 0 Å². The van der Waals surface area contributed by atoms with E-state index >= 15 is 0 Å². The average Bonchev–Trinajstić information content (AvgIpc) is 3.37. The maximum Gasteiger partial charge on any atom is 0.192 e. The van der Waals surface area contributed by atoms with E-state index in [1.54, 1.807) is 0 Å². The molecule has 1 aliphatic rings. The zero-order valence-electron chi connectivity index (χ0n) is 20.4. The van der Waals surface area contributed by atoms with Gasteiger partial charge in [0.15, 0.2) is 16.6 Å². The molecule has 1 aliphatic carbocycles. The third-order valence-corrected chi connectivity index (χ3v) is 16.5. The van der Waals surface area contributed by atoms with Gasteiger partial charge in [0.25, 0.3) is 0 Å². The van der Waals surface area contributed by atoms with Crippen molar-refractivity contribution in [3.8, 4) is 0 Å². The van der Waals surface area contributed by atoms with Gasteiger partial charge in [-0.2, -0.15) is 0 Å². The number of hydrogen-bond donors (Lipinski definition) is 1. The molecule has 1 fully saturated rings. The summed E-state index contributed by atoms with van der Waals surface area (Å²) in [6, 6.07) is 10.7. The molecule has 0 radical (unpaired) electrons. The summed E-state index contributed by atoms with van der Waals surface area (Å²) in [7, 11) is -3.91. The van der Waals surface area contributed by atoms with E-state index in [9.17, 15) is 5.11 Å². The molecule has 3 nitrogen and oxygen atoms in total. The molecule has 0 unspecified atom stereocenters. The first-order valence-corrected chi connectivity index (χ1v) is 16.9. The van der Waals surface area contributed by atoms with Crippen LogP contribution in [0.15, 0.2) is 30.3 Å². The van der Waals surface area contributed by atoms with Crippen LogP contribution >= 0.6 is 0 Å². The van der Waals surface area contributed by atoms with Crippen LogP contribution < -0.4 is 0 Å². The molecule has 166 valence electrons. The van der Waals surface area contributed by atoms with Crippen molar-refractivity contribution in [2.45, 2.75) is 102 Å². The van der Waals surface area contributed by atoms with Gasteiger partial charge in [0.05, 0.1) is 12.7 Å². The number of hydrogen-bond acceptors (Lipinski definition) is 3. The van der Waals surface area contributed by atoms with E-state index in [-0.39, 0.29) is 16.2 Å². The third-order valence-electron chi connectivity index (χ3n) is 7.53. The number of aliphatic hydroxyl groups is 1. The van der Waals surface area contributed by atoms with E-state index in [1.165, 1.54) is 5.56 Å². The molecule has 29 heavy (non-hydrogen) atoms. The quantitative estimate of drug-likeness (QED) is 0.469. The summed E-state index contributed by atoms with van der Waals surface area (Å²) < 4.78 is 13.2. The number of benzene rings is 1. The van der Waals surface area contributed by atoms with Gasteiger partial charge in [0.2, 0.25) is 0 Å².